The molecule has 5 atom stereocenters. The Morgan fingerprint density at radius 2 is 1.74 bits per heavy atom. The van der Waals surface area contributed by atoms with Crippen LogP contribution in [0.1, 0.15) is 18.4 Å². The van der Waals surface area contributed by atoms with Crippen LogP contribution < -0.4 is 20.4 Å². The van der Waals surface area contributed by atoms with Gasteiger partial charge in [0, 0.05) is 44.2 Å². The maximum atomic E-state index is 14.0. The molecule has 3 aliphatic rings. The number of carbonyl (C=O) groups is 2. The van der Waals surface area contributed by atoms with Gasteiger partial charge in [-0.15, -0.1) is 0 Å². The third-order valence-electron chi connectivity index (χ3n) is 8.14. The van der Waals surface area contributed by atoms with Gasteiger partial charge >= 0.3 is 0 Å². The highest BCUT2D eigenvalue weighted by Crippen LogP contribution is 2.27. The Labute approximate surface area is 248 Å². The number of anilines is 1. The Morgan fingerprint density at radius 1 is 1.05 bits per heavy atom. The van der Waals surface area contributed by atoms with Gasteiger partial charge in [0.05, 0.1) is 24.3 Å². The van der Waals surface area contributed by atoms with Gasteiger partial charge in [-0.1, -0.05) is 36.4 Å². The summed E-state index contributed by atoms with van der Waals surface area (Å²) >= 11 is 0. The minimum Gasteiger partial charge on any atom is -0.489 e. The summed E-state index contributed by atoms with van der Waals surface area (Å²) in [5.41, 5.74) is 0.806. The van der Waals surface area contributed by atoms with Crippen LogP contribution in [0.4, 0.5) is 14.5 Å². The van der Waals surface area contributed by atoms with Crippen molar-refractivity contribution in [1.82, 2.24) is 15.5 Å². The van der Waals surface area contributed by atoms with Gasteiger partial charge in [0.2, 0.25) is 0 Å². The molecule has 3 heterocycles. The van der Waals surface area contributed by atoms with Crippen molar-refractivity contribution in [2.75, 3.05) is 24.6 Å². The van der Waals surface area contributed by atoms with E-state index in [1.54, 1.807) is 24.3 Å². The number of aliphatic hydroxyl groups is 1. The molecule has 3 N–H and O–H groups in total. The summed E-state index contributed by atoms with van der Waals surface area (Å²) in [5, 5.41) is 23.2. The lowest BCUT2D eigenvalue weighted by molar-refractivity contribution is -0.119. The lowest BCUT2D eigenvalue weighted by Gasteiger charge is -2.40. The van der Waals surface area contributed by atoms with Crippen molar-refractivity contribution in [3.05, 3.63) is 96.1 Å². The number of rotatable bonds is 9. The number of amides is 2. The minimum absolute atomic E-state index is 0.00124. The number of halogens is 2. The third kappa shape index (κ3) is 6.74. The first-order valence-electron chi connectivity index (χ1n) is 14.4. The number of nitrogens with zero attached hydrogens (tertiary/aromatic N) is 3. The van der Waals surface area contributed by atoms with E-state index in [0.29, 0.717) is 25.3 Å². The number of hydrazone groups is 1. The van der Waals surface area contributed by atoms with E-state index < -0.39 is 35.7 Å². The molecule has 3 aliphatic heterocycles. The van der Waals surface area contributed by atoms with E-state index in [2.05, 4.69) is 20.6 Å². The summed E-state index contributed by atoms with van der Waals surface area (Å²) in [6.07, 6.45) is -0.529. The lowest BCUT2D eigenvalue weighted by atomic mass is 9.94. The molecule has 3 aromatic carbocycles. The number of hydrogen-bond donors (Lipinski definition) is 3. The monoisotopic (exact) mass is 589 g/mol. The normalized spacial score (nSPS) is 23.4. The first-order valence-corrected chi connectivity index (χ1v) is 14.4. The van der Waals surface area contributed by atoms with Gasteiger partial charge in [-0.05, 0) is 48.4 Å². The smallest absolute Gasteiger partial charge is 0.268 e. The van der Waals surface area contributed by atoms with E-state index in [-0.39, 0.29) is 42.2 Å². The van der Waals surface area contributed by atoms with Gasteiger partial charge in [0.15, 0.2) is 0 Å². The van der Waals surface area contributed by atoms with Crippen molar-refractivity contribution in [3.63, 3.8) is 0 Å². The molecule has 6 rings (SSSR count). The number of para-hydroxylation sites is 2. The molecule has 224 valence electrons. The number of piperazine rings is 1. The van der Waals surface area contributed by atoms with Crippen molar-refractivity contribution in [1.29, 1.82) is 0 Å². The second kappa shape index (κ2) is 12.6. The van der Waals surface area contributed by atoms with E-state index >= 15 is 0 Å². The van der Waals surface area contributed by atoms with E-state index in [1.807, 2.05) is 36.4 Å². The highest BCUT2D eigenvalue weighted by Gasteiger charge is 2.41. The average molecular weight is 590 g/mol. The van der Waals surface area contributed by atoms with Crippen LogP contribution in [0.2, 0.25) is 0 Å². The fraction of sp³-hybridized carbons (Fsp3) is 0.344. The number of hydrogen-bond acceptors (Lipinski definition) is 7. The molecule has 0 aliphatic carbocycles. The van der Waals surface area contributed by atoms with Crippen molar-refractivity contribution >= 4 is 23.2 Å². The van der Waals surface area contributed by atoms with Crippen molar-refractivity contribution in [2.45, 2.75) is 49.6 Å². The topological polar surface area (TPSA) is 106 Å². The Kier molecular flexibility index (Phi) is 8.46. The van der Waals surface area contributed by atoms with Gasteiger partial charge < -0.3 is 20.5 Å². The largest absolute Gasteiger partial charge is 0.489 e. The molecule has 0 bridgehead atoms. The Bertz CT molecular complexity index is 1470. The fourth-order valence-electron chi connectivity index (χ4n) is 6.08. The third-order valence-corrected chi connectivity index (χ3v) is 8.14. The Balaban J connectivity index is 1.16. The summed E-state index contributed by atoms with van der Waals surface area (Å²) in [4.78, 5) is 28.3. The lowest BCUT2D eigenvalue weighted by Crippen LogP contribution is -2.63. The van der Waals surface area contributed by atoms with Crippen LogP contribution in [0.15, 0.2) is 84.0 Å². The van der Waals surface area contributed by atoms with Crippen molar-refractivity contribution in [3.8, 4) is 5.75 Å². The maximum Gasteiger partial charge on any atom is 0.268 e. The van der Waals surface area contributed by atoms with Gasteiger partial charge in [-0.25, -0.2) is 8.78 Å². The molecule has 2 amide bonds. The highest BCUT2D eigenvalue weighted by atomic mass is 19.1. The predicted octanol–water partition coefficient (Wildman–Crippen LogP) is 2.64. The Morgan fingerprint density at radius 3 is 2.47 bits per heavy atom. The average Bonchev–Trinajstić information content (AvgIpc) is 3.59. The number of ether oxygens (including phenoxy) is 1. The molecule has 0 radical (unpaired) electrons. The molecule has 2 saturated heterocycles. The quantitative estimate of drug-likeness (QED) is 0.355. The molecule has 3 aromatic rings. The summed E-state index contributed by atoms with van der Waals surface area (Å²) in [6.45, 7) is 1.79. The van der Waals surface area contributed by atoms with Crippen LogP contribution in [0.3, 0.4) is 0 Å². The van der Waals surface area contributed by atoms with Gasteiger partial charge in [0.1, 0.15) is 29.2 Å². The fourth-order valence-corrected chi connectivity index (χ4v) is 6.08. The van der Waals surface area contributed by atoms with Gasteiger partial charge in [0.25, 0.3) is 11.8 Å². The van der Waals surface area contributed by atoms with Gasteiger partial charge in [-0.3, -0.25) is 14.5 Å². The van der Waals surface area contributed by atoms with Crippen LogP contribution in [0.25, 0.3) is 0 Å². The summed E-state index contributed by atoms with van der Waals surface area (Å²) in [6, 6.07) is 20.4. The summed E-state index contributed by atoms with van der Waals surface area (Å²) < 4.78 is 34.3. The maximum absolute atomic E-state index is 14.0. The Hall–Kier alpha value is -4.19. The minimum atomic E-state index is -1.12. The zero-order valence-electron chi connectivity index (χ0n) is 23.4. The van der Waals surface area contributed by atoms with Crippen LogP contribution in [-0.4, -0.2) is 77.5 Å². The number of carbonyl (C=O) groups excluding carboxylic acids is 2. The number of aliphatic hydroxyl groups excluding tert-OH is 1. The van der Waals surface area contributed by atoms with Crippen LogP contribution in [-0.2, 0) is 16.0 Å². The standard InChI is InChI=1S/C32H33F2N5O4/c33-21-11-20(12-22(34)14-21)13-27(36-32(42)28-16-30(40)39(37-28)23-7-3-1-4-8-23)31(41)29-19-38-18-26(15-24(38)17-35-29)43-25-9-5-2-6-10-25/h1-12,14,24,26-27,29,31,35,41H,13,15-19H2,(H,36,42)/t24?,26-,27-,29+,31-/m0/s1. The molecular formula is C32H33F2N5O4. The van der Waals surface area contributed by atoms with E-state index in [1.165, 1.54) is 17.1 Å². The first kappa shape index (κ1) is 28.9. The summed E-state index contributed by atoms with van der Waals surface area (Å²) in [5.74, 6) is -1.68. The number of nitrogens with one attached hydrogen (secondary N) is 2. The van der Waals surface area contributed by atoms with E-state index in [0.717, 1.165) is 18.2 Å². The molecule has 11 heteroatoms. The first-order chi connectivity index (χ1) is 20.8. The molecule has 1 unspecified atom stereocenters. The predicted molar refractivity (Wildman–Crippen MR) is 157 cm³/mol. The highest BCUT2D eigenvalue weighted by molar-refractivity contribution is 6.44. The van der Waals surface area contributed by atoms with Gasteiger partial charge in [-0.2, -0.15) is 10.1 Å². The molecule has 9 nitrogen and oxygen atoms in total. The molecule has 0 saturated carbocycles. The van der Waals surface area contributed by atoms with Crippen molar-refractivity contribution in [2.24, 2.45) is 5.10 Å². The number of fused-ring (bicyclic) bond motifs is 1. The zero-order valence-corrected chi connectivity index (χ0v) is 23.4. The molecular weight excluding hydrogens is 556 g/mol. The second-order valence-corrected chi connectivity index (χ2v) is 11.2. The molecule has 0 aromatic heterocycles. The van der Waals surface area contributed by atoms with Crippen molar-refractivity contribution < 1.29 is 28.2 Å². The molecule has 43 heavy (non-hydrogen) atoms. The summed E-state index contributed by atoms with van der Waals surface area (Å²) in [7, 11) is 0. The van der Waals surface area contributed by atoms with Crippen LogP contribution in [0, 0.1) is 11.6 Å². The zero-order chi connectivity index (χ0) is 29.9. The van der Waals surface area contributed by atoms with Crippen LogP contribution >= 0.6 is 0 Å². The SMILES string of the molecule is O=C(N[C@@H](Cc1cc(F)cc(F)c1)[C@H](O)[C@H]1CN2C[C@@H](Oc3ccccc3)CC2CN1)C1=NN(c2ccccc2)C(=O)C1. The van der Waals surface area contributed by atoms with E-state index in [9.17, 15) is 23.5 Å². The molecule has 0 spiro atoms. The molecule has 2 fully saturated rings. The van der Waals surface area contributed by atoms with Crippen LogP contribution in [0.5, 0.6) is 5.75 Å². The van der Waals surface area contributed by atoms with E-state index in [4.69, 9.17) is 4.74 Å². The second-order valence-electron chi connectivity index (χ2n) is 11.2. The number of benzene rings is 3.